The molecule has 0 bridgehead atoms. The van der Waals surface area contributed by atoms with E-state index in [1.165, 1.54) is 26.7 Å². The second-order valence-electron chi connectivity index (χ2n) is 14.1. The number of nitrogens with zero attached hydrogens (tertiary/aromatic N) is 10. The van der Waals surface area contributed by atoms with Gasteiger partial charge in [0.1, 0.15) is 34.7 Å². The van der Waals surface area contributed by atoms with Crippen molar-refractivity contribution in [3.05, 3.63) is 145 Å². The van der Waals surface area contributed by atoms with Gasteiger partial charge in [-0.2, -0.15) is 0 Å². The van der Waals surface area contributed by atoms with Gasteiger partial charge >= 0.3 is 0 Å². The van der Waals surface area contributed by atoms with Crippen molar-refractivity contribution in [3.8, 4) is 46.0 Å². The molecule has 0 aliphatic rings. The minimum absolute atomic E-state index is 0.0381. The molecule has 0 N–H and O–H groups in total. The summed E-state index contributed by atoms with van der Waals surface area (Å²) < 4.78 is 104. The molecule has 332 valence electrons. The van der Waals surface area contributed by atoms with Crippen molar-refractivity contribution in [2.75, 3.05) is 14.2 Å². The van der Waals surface area contributed by atoms with Crippen LogP contribution in [0, 0.1) is 11.6 Å². The summed E-state index contributed by atoms with van der Waals surface area (Å²) in [5.74, 6) is 1.54. The maximum Gasteiger partial charge on any atom is 0.204 e. The number of rotatable bonds is 16. The third-order valence-electron chi connectivity index (χ3n) is 9.77. The average Bonchev–Trinajstić information content (AvgIpc) is 4.14. The Bertz CT molecular complexity index is 2810. The van der Waals surface area contributed by atoms with Gasteiger partial charge in [-0.1, -0.05) is 24.3 Å². The number of benzene rings is 2. The number of hydrogen-bond donors (Lipinski definition) is 0. The Kier molecular flexibility index (Phi) is 13.6. The van der Waals surface area contributed by atoms with E-state index in [-0.39, 0.29) is 47.6 Å². The van der Waals surface area contributed by atoms with E-state index in [0.29, 0.717) is 46.0 Å². The Hall–Kier alpha value is -7.20. The van der Waals surface area contributed by atoms with Gasteiger partial charge < -0.3 is 18.3 Å². The monoisotopic (exact) mass is 914 g/mol. The Labute approximate surface area is 365 Å². The van der Waals surface area contributed by atoms with Crippen LogP contribution in [0.4, 0.5) is 8.78 Å². The first-order chi connectivity index (χ1) is 30.8. The Morgan fingerprint density at radius 2 is 0.938 bits per heavy atom. The van der Waals surface area contributed by atoms with Gasteiger partial charge in [0.05, 0.1) is 73.4 Å². The molecule has 0 spiro atoms. The molecule has 0 aliphatic heterocycles. The van der Waals surface area contributed by atoms with Crippen molar-refractivity contribution in [2.45, 2.75) is 48.7 Å². The molecule has 0 amide bonds. The van der Waals surface area contributed by atoms with Crippen LogP contribution in [0.5, 0.6) is 11.5 Å². The molecule has 0 saturated heterocycles. The maximum absolute atomic E-state index is 13.1. The second-order valence-corrected chi connectivity index (χ2v) is 19.0. The molecule has 8 rings (SSSR count). The highest BCUT2D eigenvalue weighted by Crippen LogP contribution is 2.32. The summed E-state index contributed by atoms with van der Waals surface area (Å²) in [6.45, 7) is 3.11. The van der Waals surface area contributed by atoms with Gasteiger partial charge in [0.25, 0.3) is 0 Å². The molecule has 0 aliphatic carbocycles. The third kappa shape index (κ3) is 10.2. The van der Waals surface area contributed by atoms with Crippen molar-refractivity contribution < 1.29 is 43.9 Å². The maximum atomic E-state index is 13.1. The summed E-state index contributed by atoms with van der Waals surface area (Å²) in [5, 5.41) is 15.0. The van der Waals surface area contributed by atoms with Crippen LogP contribution in [0.25, 0.3) is 34.5 Å². The Balaban J connectivity index is 0.000000191. The van der Waals surface area contributed by atoms with Gasteiger partial charge in [-0.05, 0) is 62.4 Å². The summed E-state index contributed by atoms with van der Waals surface area (Å²) in [4.78, 5) is 15.4. The summed E-state index contributed by atoms with van der Waals surface area (Å²) in [6, 6.07) is 21.1. The highest BCUT2D eigenvalue weighted by Gasteiger charge is 2.30. The molecule has 2 atom stereocenters. The van der Waals surface area contributed by atoms with E-state index in [1.54, 1.807) is 95.8 Å². The topological polar surface area (TPSA) is 226 Å². The van der Waals surface area contributed by atoms with Crippen molar-refractivity contribution in [1.29, 1.82) is 0 Å². The number of para-hydroxylation sites is 4. The molecular weight excluding hydrogens is 875 g/mol. The minimum atomic E-state index is -3.70. The molecule has 22 heteroatoms. The molecule has 64 heavy (non-hydrogen) atoms. The van der Waals surface area contributed by atoms with Crippen molar-refractivity contribution >= 4 is 19.7 Å². The number of furan rings is 2. The fraction of sp³-hybridized carbons (Fsp3) is 0.238. The van der Waals surface area contributed by atoms with Gasteiger partial charge in [-0.25, -0.2) is 45.6 Å². The van der Waals surface area contributed by atoms with Crippen molar-refractivity contribution in [1.82, 2.24) is 49.5 Å². The lowest BCUT2D eigenvalue weighted by Crippen LogP contribution is -2.24. The molecule has 8 aromatic rings. The lowest BCUT2D eigenvalue weighted by molar-refractivity contribution is 0.412. The number of aromatic nitrogens is 10. The van der Waals surface area contributed by atoms with Crippen molar-refractivity contribution in [3.63, 3.8) is 0 Å². The van der Waals surface area contributed by atoms with Crippen LogP contribution >= 0.6 is 0 Å². The zero-order valence-electron chi connectivity index (χ0n) is 34.7. The van der Waals surface area contributed by atoms with Gasteiger partial charge in [-0.3, -0.25) is 9.13 Å². The molecule has 0 saturated carbocycles. The van der Waals surface area contributed by atoms with E-state index in [1.807, 2.05) is 0 Å². The molecule has 6 heterocycles. The van der Waals surface area contributed by atoms with Gasteiger partial charge in [0, 0.05) is 12.8 Å². The number of sulfone groups is 2. The zero-order valence-corrected chi connectivity index (χ0v) is 36.3. The van der Waals surface area contributed by atoms with Crippen LogP contribution in [-0.4, -0.2) is 91.0 Å². The standard InChI is InChI=1S/2C21H20FN5O4S/c2*1-14(10-19-23-11-15(22)12-24-19)32(28,29)13-20-25-26-21(18-8-5-9-31-18)27(20)16-6-3-4-7-17(16)30-2/h2*3-9,11-12,14H,10,13H2,1-2H3/t2*14-/m10/s1. The van der Waals surface area contributed by atoms with E-state index in [2.05, 4.69) is 40.3 Å². The van der Waals surface area contributed by atoms with E-state index in [0.717, 1.165) is 24.8 Å². The average molecular weight is 915 g/mol. The Morgan fingerprint density at radius 3 is 1.28 bits per heavy atom. The highest BCUT2D eigenvalue weighted by molar-refractivity contribution is 7.91. The van der Waals surface area contributed by atoms with Crippen LogP contribution in [-0.2, 0) is 44.0 Å². The Morgan fingerprint density at radius 1 is 0.562 bits per heavy atom. The van der Waals surface area contributed by atoms with E-state index in [4.69, 9.17) is 18.3 Å². The first-order valence-electron chi connectivity index (χ1n) is 19.4. The van der Waals surface area contributed by atoms with E-state index in [9.17, 15) is 25.6 Å². The van der Waals surface area contributed by atoms with Gasteiger partial charge in [-0.15, -0.1) is 20.4 Å². The molecule has 0 unspecified atom stereocenters. The summed E-state index contributed by atoms with van der Waals surface area (Å²) >= 11 is 0. The summed E-state index contributed by atoms with van der Waals surface area (Å²) in [7, 11) is -4.34. The minimum Gasteiger partial charge on any atom is -0.495 e. The number of ether oxygens (including phenoxy) is 2. The fourth-order valence-corrected chi connectivity index (χ4v) is 8.86. The highest BCUT2D eigenvalue weighted by atomic mass is 32.2. The van der Waals surface area contributed by atoms with Gasteiger partial charge in [0.2, 0.25) is 11.6 Å². The molecule has 18 nitrogen and oxygen atoms in total. The van der Waals surface area contributed by atoms with Gasteiger partial charge in [0.15, 0.2) is 54.5 Å². The smallest absolute Gasteiger partial charge is 0.204 e. The predicted octanol–water partition coefficient (Wildman–Crippen LogP) is 6.02. The van der Waals surface area contributed by atoms with Crippen LogP contribution in [0.2, 0.25) is 0 Å². The molecular formula is C42H40F2N10O8S2. The molecule has 0 fully saturated rings. The number of halogens is 2. The summed E-state index contributed by atoms with van der Waals surface area (Å²) in [5.41, 5.74) is 1.15. The number of methoxy groups -OCH3 is 2. The quantitative estimate of drug-likeness (QED) is 0.108. The molecule has 0 radical (unpaired) electrons. The normalized spacial score (nSPS) is 12.6. The third-order valence-corrected chi connectivity index (χ3v) is 13.9. The molecule has 2 aromatic carbocycles. The lowest BCUT2D eigenvalue weighted by atomic mass is 10.2. The second kappa shape index (κ2) is 19.5. The fourth-order valence-electron chi connectivity index (χ4n) is 6.39. The van der Waals surface area contributed by atoms with E-state index < -0.39 is 41.8 Å². The van der Waals surface area contributed by atoms with Crippen LogP contribution in [0.1, 0.15) is 37.1 Å². The SMILES string of the molecule is COc1ccccc1-n1c(CS(=O)(=O)[C@@H](C)Cc2ncc(F)cn2)nnc1-c1ccco1.COc1ccccc1-n1c(CS(=O)(=O)[C@H](C)Cc2ncc(F)cn2)nnc1-c1ccco1. The van der Waals surface area contributed by atoms with Crippen LogP contribution in [0.15, 0.2) is 119 Å². The predicted molar refractivity (Wildman–Crippen MR) is 227 cm³/mol. The lowest BCUT2D eigenvalue weighted by Gasteiger charge is -2.15. The number of hydrogen-bond acceptors (Lipinski definition) is 16. The van der Waals surface area contributed by atoms with Crippen LogP contribution < -0.4 is 9.47 Å². The van der Waals surface area contributed by atoms with E-state index >= 15 is 0 Å². The zero-order chi connectivity index (χ0) is 45.4. The van der Waals surface area contributed by atoms with Crippen molar-refractivity contribution in [2.24, 2.45) is 0 Å². The first-order valence-corrected chi connectivity index (χ1v) is 22.8. The summed E-state index contributed by atoms with van der Waals surface area (Å²) in [6.07, 6.45) is 7.11. The first kappa shape index (κ1) is 44.8. The van der Waals surface area contributed by atoms with Crippen LogP contribution in [0.3, 0.4) is 0 Å². The largest absolute Gasteiger partial charge is 0.495 e. The molecule has 6 aromatic heterocycles.